The summed E-state index contributed by atoms with van der Waals surface area (Å²) < 4.78 is 3.36. The molecule has 166 valence electrons. The molecule has 0 aliphatic carbocycles. The van der Waals surface area contributed by atoms with Crippen LogP contribution < -0.4 is 5.69 Å². The van der Waals surface area contributed by atoms with Crippen LogP contribution in [-0.4, -0.2) is 35.8 Å². The van der Waals surface area contributed by atoms with E-state index in [0.717, 1.165) is 22.3 Å². The monoisotopic (exact) mass is 424 g/mol. The van der Waals surface area contributed by atoms with Gasteiger partial charge in [-0.15, -0.1) is 0 Å². The predicted octanol–water partition coefficient (Wildman–Crippen LogP) is 4.73. The van der Waals surface area contributed by atoms with Gasteiger partial charge in [-0.2, -0.15) is 0 Å². The highest BCUT2D eigenvalue weighted by Crippen LogP contribution is 2.25. The first-order valence-corrected chi connectivity index (χ1v) is 10.4. The summed E-state index contributed by atoms with van der Waals surface area (Å²) in [5.74, 6) is 0. The number of aromatic nitrogens is 3. The molecule has 0 saturated carbocycles. The molecule has 2 heterocycles. The molecule has 0 aliphatic heterocycles. The zero-order valence-corrected chi connectivity index (χ0v) is 19.4. The van der Waals surface area contributed by atoms with E-state index in [1.165, 1.54) is 4.90 Å². The van der Waals surface area contributed by atoms with Crippen LogP contribution in [0.4, 0.5) is 4.79 Å². The number of carbonyl (C=O) groups is 1. The van der Waals surface area contributed by atoms with Gasteiger partial charge >= 0.3 is 11.8 Å². The summed E-state index contributed by atoms with van der Waals surface area (Å²) in [7, 11) is 1.74. The molecule has 7 nitrogen and oxygen atoms in total. The third-order valence-electron chi connectivity index (χ3n) is 5.22. The second-order valence-corrected chi connectivity index (χ2v) is 10.3. The maximum Gasteiger partial charge on any atom is 0.408 e. The second-order valence-electron chi connectivity index (χ2n) is 10.3. The third-order valence-corrected chi connectivity index (χ3v) is 5.22. The zero-order valence-electron chi connectivity index (χ0n) is 19.4. The van der Waals surface area contributed by atoms with Gasteiger partial charge in [0, 0.05) is 31.2 Å². The molecule has 0 atom stereocenters. The molecule has 0 aliphatic rings. The number of aryl methyl sites for hydroxylation is 1. The van der Waals surface area contributed by atoms with E-state index < -0.39 is 11.6 Å². The van der Waals surface area contributed by atoms with E-state index in [2.05, 4.69) is 20.8 Å². The molecule has 0 bridgehead atoms. The Kier molecular flexibility index (Phi) is 5.74. The van der Waals surface area contributed by atoms with Crippen LogP contribution in [0, 0.1) is 5.41 Å². The molecule has 31 heavy (non-hydrogen) atoms. The van der Waals surface area contributed by atoms with Gasteiger partial charge in [0.05, 0.1) is 11.2 Å². The van der Waals surface area contributed by atoms with E-state index in [0.29, 0.717) is 12.2 Å². The normalized spacial score (nSPS) is 12.4. The van der Waals surface area contributed by atoms with Crippen LogP contribution in [0.15, 0.2) is 41.2 Å². The Bertz CT molecular complexity index is 1180. The van der Waals surface area contributed by atoms with Crippen LogP contribution in [-0.2, 0) is 20.1 Å². The first-order chi connectivity index (χ1) is 14.3. The lowest BCUT2D eigenvalue weighted by Gasteiger charge is -2.33. The van der Waals surface area contributed by atoms with Gasteiger partial charge in [0.1, 0.15) is 0 Å². The van der Waals surface area contributed by atoms with Gasteiger partial charge in [-0.05, 0) is 49.9 Å². The molecule has 0 unspecified atom stereocenters. The van der Waals surface area contributed by atoms with Crippen molar-refractivity contribution >= 4 is 17.3 Å². The molecule has 7 heteroatoms. The van der Waals surface area contributed by atoms with Crippen molar-refractivity contribution in [2.75, 3.05) is 0 Å². The van der Waals surface area contributed by atoms with E-state index in [-0.39, 0.29) is 17.6 Å². The maximum atomic E-state index is 12.8. The Labute approximate surface area is 182 Å². The van der Waals surface area contributed by atoms with Crippen LogP contribution in [0.25, 0.3) is 22.4 Å². The molecule has 2 aromatic heterocycles. The quantitative estimate of drug-likeness (QED) is 0.657. The van der Waals surface area contributed by atoms with E-state index in [1.807, 2.05) is 57.2 Å². The number of nitrogens with zero attached hydrogens (tertiary/aromatic N) is 4. The first kappa shape index (κ1) is 22.6. The Hall–Kier alpha value is -3.09. The summed E-state index contributed by atoms with van der Waals surface area (Å²) in [6, 6.07) is 11.6. The summed E-state index contributed by atoms with van der Waals surface area (Å²) in [5.41, 5.74) is 3.35. The molecule has 1 aromatic carbocycles. The molecular weight excluding hydrogens is 392 g/mol. The smallest absolute Gasteiger partial charge is 0.408 e. The zero-order chi connectivity index (χ0) is 23.1. The Morgan fingerprint density at radius 3 is 2.35 bits per heavy atom. The Morgan fingerprint density at radius 2 is 1.77 bits per heavy atom. The molecule has 1 N–H and O–H groups in total. The maximum absolute atomic E-state index is 12.8. The average Bonchev–Trinajstić information content (AvgIpc) is 2.88. The minimum atomic E-state index is -0.951. The Morgan fingerprint density at radius 1 is 1.10 bits per heavy atom. The van der Waals surface area contributed by atoms with Crippen molar-refractivity contribution in [3.63, 3.8) is 0 Å². The fraction of sp³-hybridized carbons (Fsp3) is 0.458. The SMILES string of the molecule is Cn1c(=O)n(CC(C)(C)C)c2ccc(-c3cccc(CN(C(=O)O)C(C)(C)C)c3)nc21. The van der Waals surface area contributed by atoms with Crippen molar-refractivity contribution in [3.05, 3.63) is 52.4 Å². The summed E-state index contributed by atoms with van der Waals surface area (Å²) in [5, 5.41) is 9.59. The minimum absolute atomic E-state index is 0.0335. The standard InChI is InChI=1S/C24H32N4O3/c1-23(2,3)15-27-19-12-11-18(25-20(19)26(7)21(27)29)17-10-8-9-16(13-17)14-28(22(30)31)24(4,5)6/h8-13H,14-15H2,1-7H3,(H,30,31). The van der Waals surface area contributed by atoms with Crippen molar-refractivity contribution in [2.24, 2.45) is 12.5 Å². The summed E-state index contributed by atoms with van der Waals surface area (Å²) in [6.45, 7) is 12.8. The van der Waals surface area contributed by atoms with Crippen molar-refractivity contribution in [1.82, 2.24) is 19.0 Å². The van der Waals surface area contributed by atoms with Crippen molar-refractivity contribution < 1.29 is 9.90 Å². The van der Waals surface area contributed by atoms with Gasteiger partial charge in [-0.3, -0.25) is 14.0 Å². The molecular formula is C24H32N4O3. The van der Waals surface area contributed by atoms with Gasteiger partial charge in [0.2, 0.25) is 0 Å². The van der Waals surface area contributed by atoms with Crippen LogP contribution in [0.1, 0.15) is 47.1 Å². The fourth-order valence-corrected chi connectivity index (χ4v) is 3.66. The fourth-order valence-electron chi connectivity index (χ4n) is 3.66. The topological polar surface area (TPSA) is 80.4 Å². The number of fused-ring (bicyclic) bond motifs is 1. The number of imidazole rings is 1. The van der Waals surface area contributed by atoms with Crippen LogP contribution in [0.3, 0.4) is 0 Å². The lowest BCUT2D eigenvalue weighted by molar-refractivity contribution is 0.0955. The minimum Gasteiger partial charge on any atom is -0.465 e. The molecule has 0 spiro atoms. The number of amides is 1. The van der Waals surface area contributed by atoms with Crippen molar-refractivity contribution in [3.8, 4) is 11.3 Å². The van der Waals surface area contributed by atoms with E-state index in [9.17, 15) is 14.7 Å². The van der Waals surface area contributed by atoms with Gasteiger partial charge in [-0.1, -0.05) is 39.0 Å². The lowest BCUT2D eigenvalue weighted by atomic mass is 9.97. The predicted molar refractivity (Wildman–Crippen MR) is 123 cm³/mol. The number of benzene rings is 1. The molecule has 3 aromatic rings. The van der Waals surface area contributed by atoms with Gasteiger partial charge < -0.3 is 5.11 Å². The highest BCUT2D eigenvalue weighted by atomic mass is 16.4. The number of rotatable bonds is 4. The first-order valence-electron chi connectivity index (χ1n) is 10.4. The summed E-state index contributed by atoms with van der Waals surface area (Å²) >= 11 is 0. The van der Waals surface area contributed by atoms with Crippen molar-refractivity contribution in [1.29, 1.82) is 0 Å². The van der Waals surface area contributed by atoms with Gasteiger partial charge in [0.15, 0.2) is 5.65 Å². The average molecular weight is 425 g/mol. The van der Waals surface area contributed by atoms with E-state index in [4.69, 9.17) is 4.98 Å². The number of hydrogen-bond donors (Lipinski definition) is 1. The molecule has 1 amide bonds. The summed E-state index contributed by atoms with van der Waals surface area (Å²) in [4.78, 5) is 30.7. The highest BCUT2D eigenvalue weighted by molar-refractivity contribution is 5.76. The molecule has 0 radical (unpaired) electrons. The highest BCUT2D eigenvalue weighted by Gasteiger charge is 2.26. The van der Waals surface area contributed by atoms with E-state index in [1.54, 1.807) is 16.2 Å². The van der Waals surface area contributed by atoms with Gasteiger partial charge in [0.25, 0.3) is 0 Å². The number of pyridine rings is 1. The lowest BCUT2D eigenvalue weighted by Crippen LogP contribution is -2.44. The van der Waals surface area contributed by atoms with Crippen LogP contribution >= 0.6 is 0 Å². The number of carboxylic acid groups (broad SMARTS) is 1. The Balaban J connectivity index is 2.01. The van der Waals surface area contributed by atoms with Crippen LogP contribution in [0.2, 0.25) is 0 Å². The summed E-state index contributed by atoms with van der Waals surface area (Å²) in [6.07, 6.45) is -0.951. The molecule has 3 rings (SSSR count). The third kappa shape index (κ3) is 4.81. The van der Waals surface area contributed by atoms with E-state index >= 15 is 0 Å². The largest absolute Gasteiger partial charge is 0.465 e. The molecule has 0 saturated heterocycles. The van der Waals surface area contributed by atoms with Crippen LogP contribution in [0.5, 0.6) is 0 Å². The second kappa shape index (κ2) is 7.87. The molecule has 0 fully saturated rings. The van der Waals surface area contributed by atoms with Crippen molar-refractivity contribution in [2.45, 2.75) is 60.2 Å². The van der Waals surface area contributed by atoms with Gasteiger partial charge in [-0.25, -0.2) is 14.6 Å². The number of hydrogen-bond acceptors (Lipinski definition) is 3.